The van der Waals surface area contributed by atoms with Crippen molar-refractivity contribution in [2.45, 2.75) is 45.4 Å². The monoisotopic (exact) mass is 256 g/mol. The summed E-state index contributed by atoms with van der Waals surface area (Å²) in [6.07, 6.45) is 5.98. The number of rotatable bonds is 12. The van der Waals surface area contributed by atoms with Crippen LogP contribution in [0.3, 0.4) is 0 Å². The Labute approximate surface area is 109 Å². The van der Waals surface area contributed by atoms with E-state index < -0.39 is 0 Å². The molecule has 6 nitrogen and oxygen atoms in total. The summed E-state index contributed by atoms with van der Waals surface area (Å²) in [4.78, 5) is 13.7. The number of hydrogen-bond donors (Lipinski definition) is 1. The Morgan fingerprint density at radius 1 is 1.22 bits per heavy atom. The molecule has 0 amide bonds. The van der Waals surface area contributed by atoms with Crippen LogP contribution in [0, 0.1) is 0 Å². The second-order valence-electron chi connectivity index (χ2n) is 4.03. The van der Waals surface area contributed by atoms with Gasteiger partial charge in [0.2, 0.25) is 0 Å². The molecule has 0 unspecified atom stereocenters. The van der Waals surface area contributed by atoms with Gasteiger partial charge in [0.05, 0.1) is 6.61 Å². The molecule has 104 valence electrons. The Bertz CT molecular complexity index is 252. The van der Waals surface area contributed by atoms with Crippen molar-refractivity contribution in [3.05, 3.63) is 10.4 Å². The Hall–Kier alpha value is -1.26. The minimum Gasteiger partial charge on any atom is -0.466 e. The van der Waals surface area contributed by atoms with E-state index in [1.807, 2.05) is 6.92 Å². The minimum absolute atomic E-state index is 0.0859. The summed E-state index contributed by atoms with van der Waals surface area (Å²) in [6, 6.07) is 0. The standard InChI is InChI=1S/C12H24N4O2/c1-2-18-12(17)8-6-4-3-5-7-9-14-10-11-15-16-13/h14H,2-11H2,1H3. The van der Waals surface area contributed by atoms with Crippen LogP contribution in [0.5, 0.6) is 0 Å². The quantitative estimate of drug-likeness (QED) is 0.191. The lowest BCUT2D eigenvalue weighted by atomic mass is 10.1. The zero-order chi connectivity index (χ0) is 13.5. The molecule has 0 aliphatic heterocycles. The molecular weight excluding hydrogens is 232 g/mol. The summed E-state index contributed by atoms with van der Waals surface area (Å²) in [5, 5.41) is 6.64. The summed E-state index contributed by atoms with van der Waals surface area (Å²) in [5.74, 6) is -0.0859. The summed E-state index contributed by atoms with van der Waals surface area (Å²) in [6.45, 7) is 4.51. The molecule has 6 heteroatoms. The van der Waals surface area contributed by atoms with Gasteiger partial charge in [-0.25, -0.2) is 0 Å². The third-order valence-corrected chi connectivity index (χ3v) is 2.49. The predicted molar refractivity (Wildman–Crippen MR) is 71.2 cm³/mol. The highest BCUT2D eigenvalue weighted by atomic mass is 16.5. The maximum absolute atomic E-state index is 11.0. The molecule has 0 fully saturated rings. The van der Waals surface area contributed by atoms with E-state index >= 15 is 0 Å². The molecule has 0 bridgehead atoms. The molecule has 0 radical (unpaired) electrons. The van der Waals surface area contributed by atoms with Gasteiger partial charge < -0.3 is 10.1 Å². The Kier molecular flexibility index (Phi) is 12.8. The van der Waals surface area contributed by atoms with Gasteiger partial charge >= 0.3 is 5.97 Å². The van der Waals surface area contributed by atoms with Crippen LogP contribution < -0.4 is 5.32 Å². The van der Waals surface area contributed by atoms with Crippen LogP contribution in [0.15, 0.2) is 5.11 Å². The first-order valence-corrected chi connectivity index (χ1v) is 6.68. The first kappa shape index (κ1) is 16.7. The smallest absolute Gasteiger partial charge is 0.305 e. The number of hydrogen-bond acceptors (Lipinski definition) is 4. The van der Waals surface area contributed by atoms with Crippen LogP contribution in [0.25, 0.3) is 10.4 Å². The fourth-order valence-electron chi connectivity index (χ4n) is 1.58. The molecule has 0 aromatic rings. The van der Waals surface area contributed by atoms with Crippen LogP contribution in [-0.2, 0) is 9.53 Å². The van der Waals surface area contributed by atoms with Crippen molar-refractivity contribution >= 4 is 5.97 Å². The first-order valence-electron chi connectivity index (χ1n) is 6.68. The van der Waals surface area contributed by atoms with Gasteiger partial charge in [-0.05, 0) is 31.8 Å². The Morgan fingerprint density at radius 2 is 1.94 bits per heavy atom. The zero-order valence-electron chi connectivity index (χ0n) is 11.2. The lowest BCUT2D eigenvalue weighted by molar-refractivity contribution is -0.143. The molecule has 0 aliphatic carbocycles. The molecule has 0 saturated carbocycles. The number of azide groups is 1. The fourth-order valence-corrected chi connectivity index (χ4v) is 1.58. The highest BCUT2D eigenvalue weighted by molar-refractivity contribution is 5.69. The number of ether oxygens (including phenoxy) is 1. The van der Waals surface area contributed by atoms with Crippen molar-refractivity contribution in [1.29, 1.82) is 0 Å². The number of esters is 1. The highest BCUT2D eigenvalue weighted by Gasteiger charge is 2.00. The van der Waals surface area contributed by atoms with Crippen molar-refractivity contribution in [3.63, 3.8) is 0 Å². The molecule has 0 spiro atoms. The van der Waals surface area contributed by atoms with E-state index in [0.29, 0.717) is 19.6 Å². The number of carbonyl (C=O) groups excluding carboxylic acids is 1. The van der Waals surface area contributed by atoms with E-state index in [2.05, 4.69) is 15.3 Å². The normalized spacial score (nSPS) is 9.83. The van der Waals surface area contributed by atoms with E-state index in [-0.39, 0.29) is 5.97 Å². The summed E-state index contributed by atoms with van der Waals surface area (Å²) < 4.78 is 4.85. The average molecular weight is 256 g/mol. The van der Waals surface area contributed by atoms with Gasteiger partial charge in [-0.2, -0.15) is 0 Å². The molecule has 0 aliphatic rings. The second kappa shape index (κ2) is 13.8. The number of nitrogens with zero attached hydrogens (tertiary/aromatic N) is 3. The van der Waals surface area contributed by atoms with Crippen molar-refractivity contribution < 1.29 is 9.53 Å². The average Bonchev–Trinajstić information content (AvgIpc) is 2.36. The number of unbranched alkanes of at least 4 members (excludes halogenated alkanes) is 4. The van der Waals surface area contributed by atoms with E-state index in [1.165, 1.54) is 0 Å². The SMILES string of the molecule is CCOC(=O)CCCCCCCNCCN=[N+]=[N-]. The third kappa shape index (κ3) is 12.8. The van der Waals surface area contributed by atoms with Crippen molar-refractivity contribution in [1.82, 2.24) is 5.32 Å². The molecule has 0 aromatic carbocycles. The van der Waals surface area contributed by atoms with Crippen LogP contribution in [-0.4, -0.2) is 32.2 Å². The van der Waals surface area contributed by atoms with Gasteiger partial charge in [-0.15, -0.1) is 0 Å². The highest BCUT2D eigenvalue weighted by Crippen LogP contribution is 2.05. The molecule has 0 aromatic heterocycles. The van der Waals surface area contributed by atoms with Gasteiger partial charge in [-0.3, -0.25) is 4.79 Å². The second-order valence-corrected chi connectivity index (χ2v) is 4.03. The van der Waals surface area contributed by atoms with Crippen LogP contribution in [0.1, 0.15) is 45.4 Å². The lowest BCUT2D eigenvalue weighted by Gasteiger charge is -2.03. The van der Waals surface area contributed by atoms with Gasteiger partial charge in [-0.1, -0.05) is 24.4 Å². The zero-order valence-corrected chi connectivity index (χ0v) is 11.2. The molecule has 0 atom stereocenters. The van der Waals surface area contributed by atoms with Gasteiger partial charge in [0.1, 0.15) is 0 Å². The maximum atomic E-state index is 11.0. The molecule has 18 heavy (non-hydrogen) atoms. The summed E-state index contributed by atoms with van der Waals surface area (Å²) >= 11 is 0. The fraction of sp³-hybridized carbons (Fsp3) is 0.917. The number of carbonyl (C=O) groups is 1. The van der Waals surface area contributed by atoms with Crippen LogP contribution in [0.2, 0.25) is 0 Å². The molecule has 1 N–H and O–H groups in total. The van der Waals surface area contributed by atoms with Gasteiger partial charge in [0.25, 0.3) is 0 Å². The molecule has 0 saturated heterocycles. The Balaban J connectivity index is 3.07. The van der Waals surface area contributed by atoms with Crippen LogP contribution in [0.4, 0.5) is 0 Å². The van der Waals surface area contributed by atoms with E-state index in [0.717, 1.165) is 45.2 Å². The van der Waals surface area contributed by atoms with Crippen molar-refractivity contribution in [3.8, 4) is 0 Å². The van der Waals surface area contributed by atoms with Crippen LogP contribution >= 0.6 is 0 Å². The molecular formula is C12H24N4O2. The van der Waals surface area contributed by atoms with E-state index in [4.69, 9.17) is 10.3 Å². The van der Waals surface area contributed by atoms with Gasteiger partial charge in [0.15, 0.2) is 0 Å². The predicted octanol–water partition coefficient (Wildman–Crippen LogP) is 2.79. The van der Waals surface area contributed by atoms with Crippen molar-refractivity contribution in [2.24, 2.45) is 5.11 Å². The maximum Gasteiger partial charge on any atom is 0.305 e. The Morgan fingerprint density at radius 3 is 2.67 bits per heavy atom. The number of nitrogens with one attached hydrogen (secondary N) is 1. The lowest BCUT2D eigenvalue weighted by Crippen LogP contribution is -2.18. The van der Waals surface area contributed by atoms with Crippen molar-refractivity contribution in [2.75, 3.05) is 26.2 Å². The largest absolute Gasteiger partial charge is 0.466 e. The molecule has 0 heterocycles. The minimum atomic E-state index is -0.0859. The topological polar surface area (TPSA) is 87.1 Å². The first-order chi connectivity index (χ1) is 8.81. The summed E-state index contributed by atoms with van der Waals surface area (Å²) in [7, 11) is 0. The van der Waals surface area contributed by atoms with E-state index in [1.54, 1.807) is 0 Å². The molecule has 0 rings (SSSR count). The van der Waals surface area contributed by atoms with Gasteiger partial charge in [0, 0.05) is 24.4 Å². The summed E-state index contributed by atoms with van der Waals surface area (Å²) in [5.41, 5.74) is 8.06. The third-order valence-electron chi connectivity index (χ3n) is 2.49. The van der Waals surface area contributed by atoms with E-state index in [9.17, 15) is 4.79 Å².